The molecular weight excluding hydrogens is 234 g/mol. The van der Waals surface area contributed by atoms with E-state index >= 15 is 0 Å². The number of piperidine rings is 1. The Morgan fingerprint density at radius 3 is 2.53 bits per heavy atom. The van der Waals surface area contributed by atoms with Gasteiger partial charge in [0.25, 0.3) is 0 Å². The zero-order chi connectivity index (χ0) is 12.4. The second kappa shape index (κ2) is 5.21. The van der Waals surface area contributed by atoms with Gasteiger partial charge in [0.2, 0.25) is 0 Å². The fraction of sp³-hybridized carbons (Fsp3) is 0.692. The lowest BCUT2D eigenvalue weighted by Crippen LogP contribution is -2.39. The van der Waals surface area contributed by atoms with Gasteiger partial charge in [-0.05, 0) is 24.7 Å². The molecule has 1 aliphatic rings. The lowest BCUT2D eigenvalue weighted by molar-refractivity contribution is 0.355. The summed E-state index contributed by atoms with van der Waals surface area (Å²) in [7, 11) is 0. The van der Waals surface area contributed by atoms with Gasteiger partial charge in [0.05, 0.1) is 0 Å². The van der Waals surface area contributed by atoms with Crippen molar-refractivity contribution in [2.24, 2.45) is 11.8 Å². The van der Waals surface area contributed by atoms with Crippen LogP contribution >= 0.6 is 11.6 Å². The van der Waals surface area contributed by atoms with Gasteiger partial charge in [0.1, 0.15) is 17.3 Å². The van der Waals surface area contributed by atoms with Crippen LogP contribution in [0.25, 0.3) is 0 Å². The molecule has 1 aromatic rings. The minimum Gasteiger partial charge on any atom is -0.356 e. The van der Waals surface area contributed by atoms with E-state index in [0.29, 0.717) is 5.15 Å². The zero-order valence-electron chi connectivity index (χ0n) is 10.8. The first-order chi connectivity index (χ1) is 8.11. The van der Waals surface area contributed by atoms with Gasteiger partial charge >= 0.3 is 0 Å². The van der Waals surface area contributed by atoms with Crippen LogP contribution in [0.3, 0.4) is 0 Å². The lowest BCUT2D eigenvalue weighted by Gasteiger charge is -2.36. The Labute approximate surface area is 108 Å². The van der Waals surface area contributed by atoms with Gasteiger partial charge in [-0.2, -0.15) is 0 Å². The van der Waals surface area contributed by atoms with Crippen molar-refractivity contribution in [2.75, 3.05) is 18.0 Å². The number of rotatable bonds is 2. The number of hydrogen-bond acceptors (Lipinski definition) is 3. The van der Waals surface area contributed by atoms with Crippen LogP contribution < -0.4 is 4.90 Å². The van der Waals surface area contributed by atoms with Crippen molar-refractivity contribution in [3.63, 3.8) is 0 Å². The van der Waals surface area contributed by atoms with E-state index in [1.807, 2.05) is 0 Å². The van der Waals surface area contributed by atoms with Crippen LogP contribution in [0.15, 0.2) is 6.33 Å². The topological polar surface area (TPSA) is 29.0 Å². The molecule has 0 aliphatic carbocycles. The van der Waals surface area contributed by atoms with Gasteiger partial charge in [-0.1, -0.05) is 32.4 Å². The molecule has 17 heavy (non-hydrogen) atoms. The summed E-state index contributed by atoms with van der Waals surface area (Å²) in [5.41, 5.74) is 1.08. The van der Waals surface area contributed by atoms with Crippen molar-refractivity contribution in [1.29, 1.82) is 0 Å². The van der Waals surface area contributed by atoms with Crippen molar-refractivity contribution in [2.45, 2.75) is 33.6 Å². The smallest absolute Gasteiger partial charge is 0.137 e. The zero-order valence-corrected chi connectivity index (χ0v) is 11.5. The van der Waals surface area contributed by atoms with Crippen molar-refractivity contribution < 1.29 is 0 Å². The highest BCUT2D eigenvalue weighted by atomic mass is 35.5. The van der Waals surface area contributed by atoms with Crippen LogP contribution in [0.4, 0.5) is 5.82 Å². The molecule has 1 aromatic heterocycles. The van der Waals surface area contributed by atoms with E-state index < -0.39 is 0 Å². The summed E-state index contributed by atoms with van der Waals surface area (Å²) in [5, 5.41) is 0.600. The predicted octanol–water partition coefficient (Wildman–Crippen LogP) is 3.17. The summed E-state index contributed by atoms with van der Waals surface area (Å²) in [6.07, 6.45) is 3.76. The molecule has 0 N–H and O–H groups in total. The van der Waals surface area contributed by atoms with Gasteiger partial charge in [-0.15, -0.1) is 0 Å². The van der Waals surface area contributed by atoms with Gasteiger partial charge in [0.15, 0.2) is 0 Å². The highest BCUT2D eigenvalue weighted by molar-refractivity contribution is 6.30. The Morgan fingerprint density at radius 2 is 1.94 bits per heavy atom. The molecule has 0 amide bonds. The molecule has 0 spiro atoms. The summed E-state index contributed by atoms with van der Waals surface area (Å²) in [4.78, 5) is 10.9. The first-order valence-corrected chi connectivity index (χ1v) is 6.73. The highest BCUT2D eigenvalue weighted by Gasteiger charge is 2.24. The third-order valence-electron chi connectivity index (χ3n) is 3.39. The molecule has 2 rings (SSSR count). The number of hydrogen-bond donors (Lipinski definition) is 0. The number of nitrogens with zero attached hydrogens (tertiary/aromatic N) is 3. The van der Waals surface area contributed by atoms with Crippen LogP contribution in [-0.2, 0) is 6.42 Å². The maximum absolute atomic E-state index is 6.14. The minimum atomic E-state index is 0.600. The van der Waals surface area contributed by atoms with Crippen LogP contribution in [0, 0.1) is 11.8 Å². The quantitative estimate of drug-likeness (QED) is 0.758. The first-order valence-electron chi connectivity index (χ1n) is 6.36. The Kier molecular flexibility index (Phi) is 3.87. The minimum absolute atomic E-state index is 0.600. The third kappa shape index (κ3) is 2.71. The van der Waals surface area contributed by atoms with E-state index in [1.54, 1.807) is 6.33 Å². The van der Waals surface area contributed by atoms with E-state index in [0.717, 1.165) is 42.7 Å². The summed E-state index contributed by atoms with van der Waals surface area (Å²) >= 11 is 6.14. The van der Waals surface area contributed by atoms with Crippen LogP contribution in [0.2, 0.25) is 5.15 Å². The third-order valence-corrected chi connectivity index (χ3v) is 3.72. The number of aromatic nitrogens is 2. The molecule has 0 radical (unpaired) electrons. The molecule has 0 bridgehead atoms. The summed E-state index contributed by atoms with van der Waals surface area (Å²) in [6.45, 7) is 8.86. The van der Waals surface area contributed by atoms with E-state index in [-0.39, 0.29) is 0 Å². The highest BCUT2D eigenvalue weighted by Crippen LogP contribution is 2.29. The second-order valence-corrected chi connectivity index (χ2v) is 5.53. The average molecular weight is 254 g/mol. The summed E-state index contributed by atoms with van der Waals surface area (Å²) in [6, 6.07) is 0. The maximum Gasteiger partial charge on any atom is 0.137 e. The molecule has 1 aliphatic heterocycles. The van der Waals surface area contributed by atoms with Crippen LogP contribution in [0.5, 0.6) is 0 Å². The molecular formula is C13H20ClN3. The fourth-order valence-corrected chi connectivity index (χ4v) is 3.06. The maximum atomic E-state index is 6.14. The average Bonchev–Trinajstić information content (AvgIpc) is 2.27. The largest absolute Gasteiger partial charge is 0.356 e. The van der Waals surface area contributed by atoms with Crippen molar-refractivity contribution in [1.82, 2.24) is 9.97 Å². The van der Waals surface area contributed by atoms with Crippen molar-refractivity contribution >= 4 is 17.4 Å². The van der Waals surface area contributed by atoms with Crippen LogP contribution in [0.1, 0.15) is 32.8 Å². The normalized spacial score (nSPS) is 25.1. The van der Waals surface area contributed by atoms with Gasteiger partial charge in [0, 0.05) is 18.7 Å². The molecule has 94 valence electrons. The van der Waals surface area contributed by atoms with Gasteiger partial charge in [-0.25, -0.2) is 9.97 Å². The lowest BCUT2D eigenvalue weighted by atomic mass is 9.91. The molecule has 1 saturated heterocycles. The fourth-order valence-electron chi connectivity index (χ4n) is 2.79. The number of halogens is 1. The van der Waals surface area contributed by atoms with E-state index in [2.05, 4.69) is 35.6 Å². The summed E-state index contributed by atoms with van der Waals surface area (Å²) < 4.78 is 0. The Bertz CT molecular complexity index is 384. The molecule has 2 atom stereocenters. The molecule has 2 heterocycles. The standard InChI is InChI=1S/C13H20ClN3/c1-4-11-12(14)15-8-16-13(11)17-6-9(2)5-10(3)7-17/h8-10H,4-7H2,1-3H3. The van der Waals surface area contributed by atoms with E-state index in [9.17, 15) is 0 Å². The molecule has 1 fully saturated rings. The monoisotopic (exact) mass is 253 g/mol. The predicted molar refractivity (Wildman–Crippen MR) is 71.6 cm³/mol. The van der Waals surface area contributed by atoms with Crippen molar-refractivity contribution in [3.05, 3.63) is 17.0 Å². The molecule has 2 unspecified atom stereocenters. The molecule has 0 saturated carbocycles. The van der Waals surface area contributed by atoms with Crippen molar-refractivity contribution in [3.8, 4) is 0 Å². The first kappa shape index (κ1) is 12.6. The Balaban J connectivity index is 2.30. The van der Waals surface area contributed by atoms with Crippen LogP contribution in [-0.4, -0.2) is 23.1 Å². The number of anilines is 1. The second-order valence-electron chi connectivity index (χ2n) is 5.17. The Hall–Kier alpha value is -0.830. The van der Waals surface area contributed by atoms with Gasteiger partial charge < -0.3 is 4.90 Å². The van der Waals surface area contributed by atoms with Gasteiger partial charge in [-0.3, -0.25) is 0 Å². The van der Waals surface area contributed by atoms with E-state index in [1.165, 1.54) is 6.42 Å². The molecule has 4 heteroatoms. The summed E-state index contributed by atoms with van der Waals surface area (Å²) in [5.74, 6) is 2.47. The molecule has 0 aromatic carbocycles. The molecule has 3 nitrogen and oxygen atoms in total. The van der Waals surface area contributed by atoms with E-state index in [4.69, 9.17) is 11.6 Å². The SMILES string of the molecule is CCc1c(Cl)ncnc1N1CC(C)CC(C)C1. The Morgan fingerprint density at radius 1 is 1.29 bits per heavy atom.